The van der Waals surface area contributed by atoms with Gasteiger partial charge in [-0.05, 0) is 72.8 Å². The van der Waals surface area contributed by atoms with Crippen molar-refractivity contribution >= 4 is 23.9 Å². The van der Waals surface area contributed by atoms with E-state index >= 15 is 0 Å². The molecule has 0 N–H and O–H groups in total. The summed E-state index contributed by atoms with van der Waals surface area (Å²) in [5.41, 5.74) is 0.544. The molecule has 3 rings (SSSR count). The highest BCUT2D eigenvalue weighted by Gasteiger charge is 2.12. The van der Waals surface area contributed by atoms with Crippen molar-refractivity contribution in [2.45, 2.75) is 0 Å². The lowest BCUT2D eigenvalue weighted by Gasteiger charge is -2.09. The molecule has 0 bridgehead atoms. The van der Waals surface area contributed by atoms with Gasteiger partial charge in [0.25, 0.3) is 0 Å². The summed E-state index contributed by atoms with van der Waals surface area (Å²) in [6.07, 6.45) is 2.10. The summed E-state index contributed by atoms with van der Waals surface area (Å²) in [4.78, 5) is 46.9. The van der Waals surface area contributed by atoms with Crippen molar-refractivity contribution in [3.63, 3.8) is 0 Å². The Morgan fingerprint density at radius 2 is 0.946 bits per heavy atom. The Morgan fingerprint density at radius 3 is 1.41 bits per heavy atom. The molecule has 0 aliphatic carbocycles. The van der Waals surface area contributed by atoms with Crippen LogP contribution >= 0.6 is 0 Å². The molecule has 188 valence electrons. The van der Waals surface area contributed by atoms with E-state index in [1.54, 1.807) is 12.1 Å². The first-order chi connectivity index (χ1) is 17.9. The van der Waals surface area contributed by atoms with Crippen molar-refractivity contribution in [1.29, 1.82) is 0 Å². The molecule has 3 aromatic carbocycles. The van der Waals surface area contributed by atoms with Gasteiger partial charge in [-0.2, -0.15) is 0 Å². The zero-order valence-electron chi connectivity index (χ0n) is 19.6. The van der Waals surface area contributed by atoms with Gasteiger partial charge in [0.1, 0.15) is 36.2 Å². The van der Waals surface area contributed by atoms with Crippen molar-refractivity contribution < 1.29 is 42.9 Å². The minimum Gasteiger partial charge on any atom is -0.490 e. The van der Waals surface area contributed by atoms with Gasteiger partial charge in [-0.1, -0.05) is 13.2 Å². The average molecular weight is 502 g/mol. The average Bonchev–Trinajstić information content (AvgIpc) is 2.92. The smallest absolute Gasteiger partial charge is 0.343 e. The molecule has 9 heteroatoms. The Bertz CT molecular complexity index is 1270. The number of carbonyl (C=O) groups excluding carboxylic acids is 4. The molecule has 0 aliphatic heterocycles. The largest absolute Gasteiger partial charge is 0.490 e. The van der Waals surface area contributed by atoms with Crippen molar-refractivity contribution in [2.24, 2.45) is 0 Å². The van der Waals surface area contributed by atoms with E-state index in [1.807, 2.05) is 0 Å². The number of hydrogen-bond acceptors (Lipinski definition) is 9. The maximum absolute atomic E-state index is 12.4. The molecule has 0 aliphatic rings. The first-order valence-electron chi connectivity index (χ1n) is 10.9. The van der Waals surface area contributed by atoms with E-state index in [4.69, 9.17) is 23.7 Å². The zero-order valence-corrected chi connectivity index (χ0v) is 19.6. The van der Waals surface area contributed by atoms with Crippen LogP contribution in [0.1, 0.15) is 20.7 Å². The second-order valence-corrected chi connectivity index (χ2v) is 7.14. The van der Waals surface area contributed by atoms with Gasteiger partial charge in [0, 0.05) is 12.2 Å². The van der Waals surface area contributed by atoms with Crippen LogP contribution in [0.2, 0.25) is 0 Å². The number of carbonyl (C=O) groups is 4. The van der Waals surface area contributed by atoms with Gasteiger partial charge in [0.2, 0.25) is 0 Å². The van der Waals surface area contributed by atoms with Crippen LogP contribution in [-0.2, 0) is 14.3 Å². The van der Waals surface area contributed by atoms with Crippen molar-refractivity contribution in [1.82, 2.24) is 0 Å². The van der Waals surface area contributed by atoms with Crippen LogP contribution in [0, 0.1) is 0 Å². The summed E-state index contributed by atoms with van der Waals surface area (Å²) in [6, 6.07) is 18.0. The zero-order chi connectivity index (χ0) is 26.6. The molecular formula is C28H22O9. The number of ether oxygens (including phenoxy) is 5. The van der Waals surface area contributed by atoms with Gasteiger partial charge < -0.3 is 23.7 Å². The monoisotopic (exact) mass is 502 g/mol. The van der Waals surface area contributed by atoms with E-state index in [1.165, 1.54) is 60.7 Å². The molecular weight excluding hydrogens is 480 g/mol. The van der Waals surface area contributed by atoms with Gasteiger partial charge in [0.05, 0.1) is 11.1 Å². The fourth-order valence-electron chi connectivity index (χ4n) is 2.77. The minimum absolute atomic E-state index is 0.0689. The predicted molar refractivity (Wildman–Crippen MR) is 132 cm³/mol. The fourth-order valence-corrected chi connectivity index (χ4v) is 2.77. The van der Waals surface area contributed by atoms with Gasteiger partial charge >= 0.3 is 23.9 Å². The molecule has 0 amide bonds. The fraction of sp³-hybridized carbons (Fsp3) is 0.0714. The normalized spacial score (nSPS) is 9.95. The summed E-state index contributed by atoms with van der Waals surface area (Å²) in [5, 5.41) is 0. The molecule has 0 unspecified atom stereocenters. The third kappa shape index (κ3) is 8.22. The van der Waals surface area contributed by atoms with Crippen LogP contribution < -0.4 is 18.9 Å². The van der Waals surface area contributed by atoms with Gasteiger partial charge in [-0.25, -0.2) is 19.2 Å². The molecule has 0 spiro atoms. The summed E-state index contributed by atoms with van der Waals surface area (Å²) in [5.74, 6) is -1.10. The third-order valence-corrected chi connectivity index (χ3v) is 4.57. The van der Waals surface area contributed by atoms with E-state index in [0.717, 1.165) is 12.2 Å². The van der Waals surface area contributed by atoms with Crippen molar-refractivity contribution in [3.8, 4) is 23.0 Å². The first-order valence-corrected chi connectivity index (χ1v) is 10.9. The van der Waals surface area contributed by atoms with Crippen LogP contribution in [0.4, 0.5) is 0 Å². The second-order valence-electron chi connectivity index (χ2n) is 7.14. The molecule has 0 fully saturated rings. The third-order valence-electron chi connectivity index (χ3n) is 4.57. The molecule has 0 aromatic heterocycles. The SMILES string of the molecule is C=CC(=O)OCCOc1ccc(C(=O)Oc2ccc(OC(=O)c3ccc(OC(=O)C=C)cc3)cc2)cc1. The van der Waals surface area contributed by atoms with E-state index < -0.39 is 23.9 Å². The number of esters is 4. The summed E-state index contributed by atoms with van der Waals surface area (Å²) in [7, 11) is 0. The van der Waals surface area contributed by atoms with E-state index in [2.05, 4.69) is 13.2 Å². The lowest BCUT2D eigenvalue weighted by atomic mass is 10.2. The highest BCUT2D eigenvalue weighted by atomic mass is 16.6. The van der Waals surface area contributed by atoms with Crippen molar-refractivity contribution in [2.75, 3.05) is 13.2 Å². The van der Waals surface area contributed by atoms with Crippen LogP contribution in [0.3, 0.4) is 0 Å². The Balaban J connectivity index is 1.49. The Hall–Kier alpha value is -5.18. The standard InChI is InChI=1S/C28H22O9/c1-3-25(29)34-18-17-33-21-9-5-19(6-10-21)27(31)36-23-13-15-24(16-14-23)37-28(32)20-7-11-22(12-8-20)35-26(30)4-2/h3-16H,1-2,17-18H2. The second kappa shape index (κ2) is 13.1. The van der Waals surface area contributed by atoms with Gasteiger partial charge in [-0.3, -0.25) is 0 Å². The highest BCUT2D eigenvalue weighted by Crippen LogP contribution is 2.21. The Morgan fingerprint density at radius 1 is 0.541 bits per heavy atom. The molecule has 37 heavy (non-hydrogen) atoms. The first kappa shape index (κ1) is 26.4. The minimum atomic E-state index is -0.618. The predicted octanol–water partition coefficient (Wildman–Crippen LogP) is 4.32. The number of benzene rings is 3. The summed E-state index contributed by atoms with van der Waals surface area (Å²) in [6.45, 7) is 6.83. The summed E-state index contributed by atoms with van der Waals surface area (Å²) >= 11 is 0. The van der Waals surface area contributed by atoms with Crippen molar-refractivity contribution in [3.05, 3.63) is 109 Å². The quantitative estimate of drug-likeness (QED) is 0.164. The number of rotatable bonds is 11. The maximum Gasteiger partial charge on any atom is 0.343 e. The lowest BCUT2D eigenvalue weighted by Crippen LogP contribution is -2.11. The van der Waals surface area contributed by atoms with Crippen LogP contribution in [0.25, 0.3) is 0 Å². The molecule has 3 aromatic rings. The molecule has 9 nitrogen and oxygen atoms in total. The number of hydrogen-bond donors (Lipinski definition) is 0. The van der Waals surface area contributed by atoms with Crippen LogP contribution in [0.5, 0.6) is 23.0 Å². The molecule has 0 radical (unpaired) electrons. The van der Waals surface area contributed by atoms with Crippen LogP contribution in [-0.4, -0.2) is 37.1 Å². The maximum atomic E-state index is 12.4. The molecule has 0 atom stereocenters. The lowest BCUT2D eigenvalue weighted by molar-refractivity contribution is -0.138. The molecule has 0 saturated heterocycles. The molecule has 0 saturated carbocycles. The Kier molecular flexibility index (Phi) is 9.32. The van der Waals surface area contributed by atoms with E-state index in [9.17, 15) is 19.2 Å². The Labute approximate surface area is 212 Å². The van der Waals surface area contributed by atoms with Gasteiger partial charge in [0.15, 0.2) is 0 Å². The summed E-state index contributed by atoms with van der Waals surface area (Å²) < 4.78 is 25.8. The van der Waals surface area contributed by atoms with Crippen LogP contribution in [0.15, 0.2) is 98.1 Å². The van der Waals surface area contributed by atoms with E-state index in [0.29, 0.717) is 11.3 Å². The molecule has 0 heterocycles. The topological polar surface area (TPSA) is 114 Å². The highest BCUT2D eigenvalue weighted by molar-refractivity contribution is 5.92. The van der Waals surface area contributed by atoms with E-state index in [-0.39, 0.29) is 36.0 Å². The van der Waals surface area contributed by atoms with Gasteiger partial charge in [-0.15, -0.1) is 0 Å².